The first-order chi connectivity index (χ1) is 12.3. The molecule has 0 spiro atoms. The molecule has 2 aromatic carbocycles. The molecule has 2 aromatic rings. The van der Waals surface area contributed by atoms with Gasteiger partial charge >= 0.3 is 5.97 Å². The lowest BCUT2D eigenvalue weighted by molar-refractivity contribution is -0.140. The molecule has 0 bridgehead atoms. The van der Waals surface area contributed by atoms with Crippen LogP contribution in [0.2, 0.25) is 0 Å². The van der Waals surface area contributed by atoms with Crippen molar-refractivity contribution in [1.82, 2.24) is 0 Å². The summed E-state index contributed by atoms with van der Waals surface area (Å²) in [5.41, 5.74) is 1.57. The average Bonchev–Trinajstić information content (AvgIpc) is 2.60. The number of Topliss-reactive ketones (excluding diaryl/α,β-unsaturated/α-hetero) is 1. The van der Waals surface area contributed by atoms with E-state index in [4.69, 9.17) is 4.74 Å². The van der Waals surface area contributed by atoms with E-state index in [1.165, 1.54) is 50.3 Å². The number of nitrogens with one attached hydrogen (secondary N) is 1. The van der Waals surface area contributed by atoms with Crippen molar-refractivity contribution in [1.29, 1.82) is 0 Å². The van der Waals surface area contributed by atoms with Gasteiger partial charge < -0.3 is 10.1 Å². The molecule has 0 heterocycles. The minimum Gasteiger partial charge on any atom is -0.451 e. The Morgan fingerprint density at radius 2 is 1.65 bits per heavy atom. The monoisotopic (exact) mass is 355 g/mol. The molecule has 2 rings (SSSR count). The van der Waals surface area contributed by atoms with E-state index in [0.717, 1.165) is 0 Å². The summed E-state index contributed by atoms with van der Waals surface area (Å²) in [4.78, 5) is 35.1. The van der Waals surface area contributed by atoms with Gasteiger partial charge in [-0.15, -0.1) is 0 Å². The molecule has 6 heteroatoms. The van der Waals surface area contributed by atoms with Gasteiger partial charge in [0.25, 0.3) is 0 Å². The minimum atomic E-state index is -0.966. The maximum absolute atomic E-state index is 12.8. The quantitative estimate of drug-likeness (QED) is 0.488. The van der Waals surface area contributed by atoms with Crippen LogP contribution < -0.4 is 5.32 Å². The number of hydrogen-bond acceptors (Lipinski definition) is 4. The fraction of sp³-hybridized carbons (Fsp3) is 0.150. The van der Waals surface area contributed by atoms with E-state index >= 15 is 0 Å². The fourth-order valence-corrected chi connectivity index (χ4v) is 2.16. The van der Waals surface area contributed by atoms with E-state index in [0.29, 0.717) is 16.8 Å². The average molecular weight is 355 g/mol. The molecule has 26 heavy (non-hydrogen) atoms. The maximum Gasteiger partial charge on any atom is 0.331 e. The summed E-state index contributed by atoms with van der Waals surface area (Å²) in [6.07, 6.45) is 1.69. The molecule has 0 saturated carbocycles. The highest BCUT2D eigenvalue weighted by Crippen LogP contribution is 2.13. The van der Waals surface area contributed by atoms with Gasteiger partial charge in [0, 0.05) is 24.3 Å². The zero-order chi connectivity index (χ0) is 19.1. The predicted octanol–water partition coefficient (Wildman–Crippen LogP) is 3.61. The molecule has 1 unspecified atom stereocenters. The van der Waals surface area contributed by atoms with Gasteiger partial charge in [0.05, 0.1) is 0 Å². The van der Waals surface area contributed by atoms with Crippen LogP contribution in [0.3, 0.4) is 0 Å². The highest BCUT2D eigenvalue weighted by atomic mass is 19.1. The molecule has 0 radical (unpaired) electrons. The van der Waals surface area contributed by atoms with Crippen LogP contribution in [0.4, 0.5) is 10.1 Å². The molecule has 1 amide bonds. The smallest absolute Gasteiger partial charge is 0.331 e. The Balaban J connectivity index is 1.94. The Hall–Kier alpha value is -3.28. The Labute approximate surface area is 150 Å². The van der Waals surface area contributed by atoms with Crippen LogP contribution in [0.1, 0.15) is 29.8 Å². The van der Waals surface area contributed by atoms with Crippen LogP contribution in [0.25, 0.3) is 6.08 Å². The van der Waals surface area contributed by atoms with Crippen LogP contribution in [-0.2, 0) is 14.3 Å². The third-order valence-corrected chi connectivity index (χ3v) is 3.43. The van der Waals surface area contributed by atoms with Crippen molar-refractivity contribution in [2.45, 2.75) is 20.0 Å². The van der Waals surface area contributed by atoms with Gasteiger partial charge in [0.2, 0.25) is 11.7 Å². The second-order valence-corrected chi connectivity index (χ2v) is 5.59. The molecule has 0 aliphatic carbocycles. The first-order valence-electron chi connectivity index (χ1n) is 7.91. The lowest BCUT2D eigenvalue weighted by Crippen LogP contribution is -2.23. The van der Waals surface area contributed by atoms with Gasteiger partial charge in [-0.1, -0.05) is 12.1 Å². The summed E-state index contributed by atoms with van der Waals surface area (Å²) >= 11 is 0. The van der Waals surface area contributed by atoms with Crippen molar-refractivity contribution in [3.05, 3.63) is 71.6 Å². The Kier molecular flexibility index (Phi) is 6.38. The standard InChI is InChI=1S/C20H18FNO4/c1-13(20(25)16-6-10-18(11-7-16)22-14(2)23)26-19(24)12-5-15-3-8-17(21)9-4-15/h3-13H,1-2H3,(H,22,23)/b12-5+. The molecule has 0 saturated heterocycles. The third kappa shape index (κ3) is 5.66. The number of rotatable bonds is 6. The number of ether oxygens (including phenoxy) is 1. The molecule has 134 valence electrons. The van der Waals surface area contributed by atoms with Gasteiger partial charge in [0.1, 0.15) is 5.82 Å². The van der Waals surface area contributed by atoms with E-state index in [9.17, 15) is 18.8 Å². The first kappa shape index (κ1) is 19.1. The topological polar surface area (TPSA) is 72.5 Å². The van der Waals surface area contributed by atoms with Crippen molar-refractivity contribution in [3.8, 4) is 0 Å². The van der Waals surface area contributed by atoms with Gasteiger partial charge in [-0.3, -0.25) is 9.59 Å². The largest absolute Gasteiger partial charge is 0.451 e. The highest BCUT2D eigenvalue weighted by Gasteiger charge is 2.18. The molecule has 0 aliphatic rings. The van der Waals surface area contributed by atoms with Gasteiger partial charge in [-0.25, -0.2) is 9.18 Å². The Morgan fingerprint density at radius 1 is 1.04 bits per heavy atom. The van der Waals surface area contributed by atoms with Crippen molar-refractivity contribution >= 4 is 29.4 Å². The number of hydrogen-bond donors (Lipinski definition) is 1. The van der Waals surface area contributed by atoms with Crippen LogP contribution in [0.5, 0.6) is 0 Å². The van der Waals surface area contributed by atoms with Crippen LogP contribution in [0.15, 0.2) is 54.6 Å². The summed E-state index contributed by atoms with van der Waals surface area (Å²) in [5, 5.41) is 2.60. The van der Waals surface area contributed by atoms with E-state index in [1.807, 2.05) is 0 Å². The van der Waals surface area contributed by atoms with Crippen LogP contribution in [-0.4, -0.2) is 23.8 Å². The summed E-state index contributed by atoms with van der Waals surface area (Å²) in [6.45, 7) is 2.87. The summed E-state index contributed by atoms with van der Waals surface area (Å²) in [6, 6.07) is 11.9. The molecule has 0 fully saturated rings. The first-order valence-corrected chi connectivity index (χ1v) is 7.91. The molecular formula is C20H18FNO4. The van der Waals surface area contributed by atoms with Crippen molar-refractivity contribution < 1.29 is 23.5 Å². The number of amides is 1. The number of ketones is 1. The zero-order valence-electron chi connectivity index (χ0n) is 14.4. The number of carbonyl (C=O) groups is 3. The van der Waals surface area contributed by atoms with Gasteiger partial charge in [-0.2, -0.15) is 0 Å². The summed E-state index contributed by atoms with van der Waals surface area (Å²) in [5.74, 6) is -1.61. The number of benzene rings is 2. The molecule has 0 aromatic heterocycles. The highest BCUT2D eigenvalue weighted by molar-refractivity contribution is 6.01. The normalized spacial score (nSPS) is 11.8. The molecule has 1 N–H and O–H groups in total. The zero-order valence-corrected chi connectivity index (χ0v) is 14.4. The van der Waals surface area contributed by atoms with E-state index in [-0.39, 0.29) is 17.5 Å². The van der Waals surface area contributed by atoms with Crippen LogP contribution >= 0.6 is 0 Å². The second kappa shape index (κ2) is 8.71. The maximum atomic E-state index is 12.8. The Bertz CT molecular complexity index is 826. The molecule has 0 aliphatic heterocycles. The van der Waals surface area contributed by atoms with E-state index in [1.54, 1.807) is 24.3 Å². The molecule has 5 nitrogen and oxygen atoms in total. The summed E-state index contributed by atoms with van der Waals surface area (Å²) in [7, 11) is 0. The third-order valence-electron chi connectivity index (χ3n) is 3.43. The lowest BCUT2D eigenvalue weighted by atomic mass is 10.1. The number of esters is 1. The van der Waals surface area contributed by atoms with E-state index < -0.39 is 12.1 Å². The van der Waals surface area contributed by atoms with Gasteiger partial charge in [-0.05, 0) is 55.0 Å². The summed E-state index contributed by atoms with van der Waals surface area (Å²) < 4.78 is 17.9. The lowest BCUT2D eigenvalue weighted by Gasteiger charge is -2.11. The SMILES string of the molecule is CC(=O)Nc1ccc(C(=O)C(C)OC(=O)/C=C/c2ccc(F)cc2)cc1. The molecular weight excluding hydrogens is 337 g/mol. The van der Waals surface area contributed by atoms with Crippen LogP contribution in [0, 0.1) is 5.82 Å². The second-order valence-electron chi connectivity index (χ2n) is 5.59. The number of carbonyl (C=O) groups excluding carboxylic acids is 3. The van der Waals surface area contributed by atoms with Crippen molar-refractivity contribution in [2.24, 2.45) is 0 Å². The van der Waals surface area contributed by atoms with E-state index in [2.05, 4.69) is 5.32 Å². The van der Waals surface area contributed by atoms with Gasteiger partial charge in [0.15, 0.2) is 6.10 Å². The number of anilines is 1. The Morgan fingerprint density at radius 3 is 2.23 bits per heavy atom. The fourth-order valence-electron chi connectivity index (χ4n) is 2.16. The number of halogens is 1. The minimum absolute atomic E-state index is 0.209. The molecule has 1 atom stereocenters. The predicted molar refractivity (Wildman–Crippen MR) is 96.1 cm³/mol. The van der Waals surface area contributed by atoms with Crippen molar-refractivity contribution in [3.63, 3.8) is 0 Å². The van der Waals surface area contributed by atoms with Crippen molar-refractivity contribution in [2.75, 3.05) is 5.32 Å².